The summed E-state index contributed by atoms with van der Waals surface area (Å²) >= 11 is 0. The number of hydrogen-bond acceptors (Lipinski definition) is 6. The third-order valence-corrected chi connectivity index (χ3v) is 5.83. The number of benzene rings is 2. The quantitative estimate of drug-likeness (QED) is 0.552. The number of amides is 3. The van der Waals surface area contributed by atoms with E-state index in [-0.39, 0.29) is 29.3 Å². The Bertz CT molecular complexity index is 1100. The minimum absolute atomic E-state index is 0.100. The van der Waals surface area contributed by atoms with E-state index in [1.54, 1.807) is 6.07 Å². The Balaban J connectivity index is 1.39. The van der Waals surface area contributed by atoms with Crippen LogP contribution in [-0.2, 0) is 14.3 Å². The third-order valence-electron chi connectivity index (χ3n) is 5.83. The maximum Gasteiger partial charge on any atom is 0.338 e. The van der Waals surface area contributed by atoms with Crippen molar-refractivity contribution in [1.82, 2.24) is 4.90 Å². The number of carbonyl (C=O) groups is 4. The highest BCUT2D eigenvalue weighted by molar-refractivity contribution is 6.22. The molecule has 1 saturated heterocycles. The number of rotatable bonds is 6. The van der Waals surface area contributed by atoms with Gasteiger partial charge in [0.05, 0.1) is 29.3 Å². The summed E-state index contributed by atoms with van der Waals surface area (Å²) in [5.74, 6) is -2.07. The lowest BCUT2D eigenvalue weighted by Gasteiger charge is -2.17. The van der Waals surface area contributed by atoms with Crippen molar-refractivity contribution in [2.75, 3.05) is 25.1 Å². The third kappa shape index (κ3) is 4.27. The molecule has 4 rings (SSSR count). The maximum absolute atomic E-state index is 12.7. The molecule has 1 unspecified atom stereocenters. The van der Waals surface area contributed by atoms with Crippen LogP contribution in [0.5, 0.6) is 0 Å². The lowest BCUT2D eigenvalue weighted by molar-refractivity contribution is -0.119. The van der Waals surface area contributed by atoms with Gasteiger partial charge in [-0.3, -0.25) is 19.3 Å². The topological polar surface area (TPSA) is 102 Å². The van der Waals surface area contributed by atoms with E-state index in [0.29, 0.717) is 12.3 Å². The molecule has 8 heteroatoms. The van der Waals surface area contributed by atoms with E-state index in [0.717, 1.165) is 28.9 Å². The maximum atomic E-state index is 12.7. The summed E-state index contributed by atoms with van der Waals surface area (Å²) in [6.07, 6.45) is 1.55. The molecule has 2 aliphatic rings. The second-order valence-electron chi connectivity index (χ2n) is 7.99. The summed E-state index contributed by atoms with van der Waals surface area (Å²) in [4.78, 5) is 51.1. The van der Waals surface area contributed by atoms with Crippen LogP contribution in [0.25, 0.3) is 0 Å². The van der Waals surface area contributed by atoms with Gasteiger partial charge in [0.1, 0.15) is 0 Å². The van der Waals surface area contributed by atoms with Gasteiger partial charge in [-0.25, -0.2) is 4.79 Å². The smallest absolute Gasteiger partial charge is 0.338 e. The number of nitrogens with zero attached hydrogens (tertiary/aromatic N) is 1. The van der Waals surface area contributed by atoms with Gasteiger partial charge in [0.25, 0.3) is 17.7 Å². The predicted molar refractivity (Wildman–Crippen MR) is 116 cm³/mol. The molecule has 0 aliphatic carbocycles. The Morgan fingerprint density at radius 1 is 1.12 bits per heavy atom. The van der Waals surface area contributed by atoms with E-state index in [1.807, 2.05) is 26.0 Å². The van der Waals surface area contributed by atoms with Crippen LogP contribution in [0.2, 0.25) is 0 Å². The second kappa shape index (κ2) is 8.92. The Hall–Kier alpha value is -3.52. The molecule has 2 aromatic rings. The van der Waals surface area contributed by atoms with Crippen LogP contribution in [0.4, 0.5) is 5.69 Å². The summed E-state index contributed by atoms with van der Waals surface area (Å²) in [5.41, 5.74) is 3.12. The zero-order valence-electron chi connectivity index (χ0n) is 18.0. The molecule has 32 heavy (non-hydrogen) atoms. The molecule has 0 bridgehead atoms. The van der Waals surface area contributed by atoms with Gasteiger partial charge in [0, 0.05) is 12.3 Å². The second-order valence-corrected chi connectivity index (χ2v) is 7.99. The van der Waals surface area contributed by atoms with Crippen molar-refractivity contribution in [1.29, 1.82) is 0 Å². The molecule has 3 amide bonds. The molecule has 0 aromatic heterocycles. The van der Waals surface area contributed by atoms with Crippen LogP contribution in [-0.4, -0.2) is 54.5 Å². The molecule has 1 N–H and O–H groups in total. The van der Waals surface area contributed by atoms with Gasteiger partial charge in [-0.05, 0) is 62.1 Å². The fourth-order valence-corrected chi connectivity index (χ4v) is 3.86. The van der Waals surface area contributed by atoms with Gasteiger partial charge in [-0.1, -0.05) is 12.1 Å². The average molecular weight is 436 g/mol. The zero-order chi connectivity index (χ0) is 22.8. The molecule has 0 radical (unpaired) electrons. The number of nitrogens with one attached hydrogen (secondary N) is 1. The van der Waals surface area contributed by atoms with Crippen molar-refractivity contribution >= 4 is 29.4 Å². The predicted octanol–water partition coefficient (Wildman–Crippen LogP) is 2.87. The van der Waals surface area contributed by atoms with Crippen molar-refractivity contribution in [2.24, 2.45) is 0 Å². The Kier molecular flexibility index (Phi) is 6.05. The highest BCUT2D eigenvalue weighted by Gasteiger charge is 2.38. The van der Waals surface area contributed by atoms with E-state index in [4.69, 9.17) is 9.47 Å². The number of ether oxygens (including phenoxy) is 2. The molecule has 2 heterocycles. The minimum Gasteiger partial charge on any atom is -0.452 e. The van der Waals surface area contributed by atoms with E-state index >= 15 is 0 Å². The first-order valence-electron chi connectivity index (χ1n) is 10.5. The first-order chi connectivity index (χ1) is 15.3. The number of esters is 1. The molecule has 8 nitrogen and oxygen atoms in total. The number of hydrogen-bond donors (Lipinski definition) is 1. The SMILES string of the molecule is Cc1cccc(NC(=O)COC(=O)c2ccc3c(c2)C(=O)N(CC2CCCO2)C3=O)c1C. The molecule has 1 fully saturated rings. The van der Waals surface area contributed by atoms with Crippen molar-refractivity contribution in [3.63, 3.8) is 0 Å². The number of carbonyl (C=O) groups excluding carboxylic acids is 4. The summed E-state index contributed by atoms with van der Waals surface area (Å²) < 4.78 is 10.6. The summed E-state index contributed by atoms with van der Waals surface area (Å²) in [6.45, 7) is 4.18. The fraction of sp³-hybridized carbons (Fsp3) is 0.333. The normalized spacial score (nSPS) is 17.4. The fourth-order valence-electron chi connectivity index (χ4n) is 3.86. The molecule has 2 aromatic carbocycles. The van der Waals surface area contributed by atoms with Gasteiger partial charge in [-0.15, -0.1) is 0 Å². The Morgan fingerprint density at radius 2 is 1.91 bits per heavy atom. The lowest BCUT2D eigenvalue weighted by atomic mass is 10.1. The monoisotopic (exact) mass is 436 g/mol. The van der Waals surface area contributed by atoms with E-state index in [9.17, 15) is 19.2 Å². The first-order valence-corrected chi connectivity index (χ1v) is 10.5. The van der Waals surface area contributed by atoms with Crippen LogP contribution >= 0.6 is 0 Å². The molecule has 166 valence electrons. The van der Waals surface area contributed by atoms with E-state index in [1.165, 1.54) is 18.2 Å². The van der Waals surface area contributed by atoms with Crippen LogP contribution < -0.4 is 5.32 Å². The van der Waals surface area contributed by atoms with Gasteiger partial charge in [-0.2, -0.15) is 0 Å². The molecular formula is C24H24N2O6. The molecule has 1 atom stereocenters. The summed E-state index contributed by atoms with van der Waals surface area (Å²) in [6, 6.07) is 9.74. The van der Waals surface area contributed by atoms with E-state index in [2.05, 4.69) is 5.32 Å². The highest BCUT2D eigenvalue weighted by Crippen LogP contribution is 2.26. The number of anilines is 1. The number of fused-ring (bicyclic) bond motifs is 1. The van der Waals surface area contributed by atoms with E-state index < -0.39 is 30.3 Å². The first kappa shape index (κ1) is 21.7. The van der Waals surface area contributed by atoms with Gasteiger partial charge in [0.2, 0.25) is 0 Å². The van der Waals surface area contributed by atoms with Crippen molar-refractivity contribution < 1.29 is 28.7 Å². The molecular weight excluding hydrogens is 412 g/mol. The van der Waals surface area contributed by atoms with Crippen molar-refractivity contribution in [3.05, 3.63) is 64.2 Å². The summed E-state index contributed by atoms with van der Waals surface area (Å²) in [7, 11) is 0. The van der Waals surface area contributed by atoms with Crippen LogP contribution in [0.15, 0.2) is 36.4 Å². The van der Waals surface area contributed by atoms with Crippen LogP contribution in [0.3, 0.4) is 0 Å². The zero-order valence-corrected chi connectivity index (χ0v) is 18.0. The molecule has 0 saturated carbocycles. The van der Waals surface area contributed by atoms with Crippen molar-refractivity contribution in [2.45, 2.75) is 32.8 Å². The summed E-state index contributed by atoms with van der Waals surface area (Å²) in [5, 5.41) is 2.72. The number of imide groups is 1. The van der Waals surface area contributed by atoms with Gasteiger partial charge in [0.15, 0.2) is 6.61 Å². The Morgan fingerprint density at radius 3 is 2.66 bits per heavy atom. The van der Waals surface area contributed by atoms with Crippen molar-refractivity contribution in [3.8, 4) is 0 Å². The average Bonchev–Trinajstić information content (AvgIpc) is 3.38. The molecule has 2 aliphatic heterocycles. The largest absolute Gasteiger partial charge is 0.452 e. The van der Waals surface area contributed by atoms with Gasteiger partial charge < -0.3 is 14.8 Å². The lowest BCUT2D eigenvalue weighted by Crippen LogP contribution is -2.36. The minimum atomic E-state index is -0.748. The van der Waals surface area contributed by atoms with Gasteiger partial charge >= 0.3 is 5.97 Å². The standard InChI is InChI=1S/C24H24N2O6/c1-14-5-3-7-20(15(14)2)25-21(27)13-32-24(30)16-8-9-18-19(11-16)23(29)26(22(18)28)12-17-6-4-10-31-17/h3,5,7-9,11,17H,4,6,10,12-13H2,1-2H3,(H,25,27). The van der Waals surface area contributed by atoms with Crippen LogP contribution in [0, 0.1) is 13.8 Å². The Labute approximate surface area is 185 Å². The van der Waals surface area contributed by atoms with Crippen LogP contribution in [0.1, 0.15) is 55.0 Å². The highest BCUT2D eigenvalue weighted by atomic mass is 16.5. The molecule has 0 spiro atoms. The number of aryl methyl sites for hydroxylation is 1.